The Morgan fingerprint density at radius 3 is 2.69 bits per heavy atom. The summed E-state index contributed by atoms with van der Waals surface area (Å²) in [7, 11) is 0. The number of fused-ring (bicyclic) bond motifs is 2. The Labute approximate surface area is 169 Å². The van der Waals surface area contributed by atoms with Crippen LogP contribution in [0.4, 0.5) is 11.5 Å². The van der Waals surface area contributed by atoms with Gasteiger partial charge in [0.2, 0.25) is 5.91 Å². The fourth-order valence-corrected chi connectivity index (χ4v) is 4.52. The SMILES string of the molecule is O=C(CC1CCN(c2cc(=O)n3ccccc3n2)CC1)N1CCc2ccccc21. The van der Waals surface area contributed by atoms with Gasteiger partial charge in [-0.15, -0.1) is 0 Å². The molecule has 0 radical (unpaired) electrons. The molecule has 3 aromatic rings. The quantitative estimate of drug-likeness (QED) is 0.692. The van der Waals surface area contributed by atoms with Crippen molar-refractivity contribution in [3.63, 3.8) is 0 Å². The average molecular weight is 388 g/mol. The number of carbonyl (C=O) groups is 1. The monoisotopic (exact) mass is 388 g/mol. The first-order valence-electron chi connectivity index (χ1n) is 10.3. The van der Waals surface area contributed by atoms with Crippen molar-refractivity contribution in [1.82, 2.24) is 9.38 Å². The summed E-state index contributed by atoms with van der Waals surface area (Å²) < 4.78 is 1.56. The molecule has 0 unspecified atom stereocenters. The van der Waals surface area contributed by atoms with E-state index in [-0.39, 0.29) is 11.5 Å². The number of piperidine rings is 1. The van der Waals surface area contributed by atoms with Gasteiger partial charge in [0.25, 0.3) is 5.56 Å². The largest absolute Gasteiger partial charge is 0.356 e. The number of anilines is 2. The first-order chi connectivity index (χ1) is 14.2. The second-order valence-electron chi connectivity index (χ2n) is 7.94. The van der Waals surface area contributed by atoms with Crippen molar-refractivity contribution < 1.29 is 4.79 Å². The predicted octanol–water partition coefficient (Wildman–Crippen LogP) is 2.89. The Morgan fingerprint density at radius 2 is 1.83 bits per heavy atom. The lowest BCUT2D eigenvalue weighted by Gasteiger charge is -2.33. The van der Waals surface area contributed by atoms with Crippen molar-refractivity contribution >= 4 is 23.1 Å². The second-order valence-corrected chi connectivity index (χ2v) is 7.94. The van der Waals surface area contributed by atoms with E-state index in [1.807, 2.05) is 41.3 Å². The van der Waals surface area contributed by atoms with Crippen LogP contribution in [-0.4, -0.2) is 34.9 Å². The van der Waals surface area contributed by atoms with E-state index in [1.54, 1.807) is 16.7 Å². The van der Waals surface area contributed by atoms with Crippen LogP contribution < -0.4 is 15.4 Å². The maximum atomic E-state index is 12.9. The van der Waals surface area contributed by atoms with Gasteiger partial charge in [-0.2, -0.15) is 0 Å². The van der Waals surface area contributed by atoms with E-state index in [4.69, 9.17) is 0 Å². The summed E-state index contributed by atoms with van der Waals surface area (Å²) in [6.07, 6.45) is 5.16. The minimum atomic E-state index is -0.0596. The maximum absolute atomic E-state index is 12.9. The second kappa shape index (κ2) is 7.35. The van der Waals surface area contributed by atoms with E-state index in [0.717, 1.165) is 50.4 Å². The van der Waals surface area contributed by atoms with Crippen molar-refractivity contribution in [3.05, 3.63) is 70.6 Å². The third-order valence-electron chi connectivity index (χ3n) is 6.15. The molecule has 0 saturated carbocycles. The molecule has 1 fully saturated rings. The normalized spacial score (nSPS) is 17.0. The van der Waals surface area contributed by atoms with Crippen LogP contribution in [0.2, 0.25) is 0 Å². The number of para-hydroxylation sites is 1. The Morgan fingerprint density at radius 1 is 1.03 bits per heavy atom. The maximum Gasteiger partial charge on any atom is 0.259 e. The Bertz CT molecular complexity index is 1120. The molecule has 1 saturated heterocycles. The van der Waals surface area contributed by atoms with Crippen LogP contribution in [0.15, 0.2) is 59.5 Å². The molecule has 1 aromatic carbocycles. The van der Waals surface area contributed by atoms with Gasteiger partial charge < -0.3 is 9.80 Å². The molecule has 6 nitrogen and oxygen atoms in total. The molecule has 4 heterocycles. The molecule has 0 N–H and O–H groups in total. The Balaban J connectivity index is 1.23. The first kappa shape index (κ1) is 17.9. The molecule has 5 rings (SSSR count). The highest BCUT2D eigenvalue weighted by molar-refractivity contribution is 5.95. The van der Waals surface area contributed by atoms with Gasteiger partial charge in [-0.05, 0) is 48.9 Å². The van der Waals surface area contributed by atoms with Crippen LogP contribution in [0.5, 0.6) is 0 Å². The molecule has 2 aromatic heterocycles. The molecule has 6 heteroatoms. The van der Waals surface area contributed by atoms with Crippen molar-refractivity contribution in [2.75, 3.05) is 29.4 Å². The predicted molar refractivity (Wildman–Crippen MR) is 114 cm³/mol. The standard InChI is InChI=1S/C23H24N4O2/c28-22(26-14-10-18-5-1-2-6-19(18)26)15-17-8-12-25(13-9-17)21-16-23(29)27-11-4-3-7-20(27)24-21/h1-7,11,16-17H,8-10,12-15H2. The number of carbonyl (C=O) groups excluding carboxylic acids is 1. The zero-order valence-corrected chi connectivity index (χ0v) is 16.3. The molecule has 2 aliphatic heterocycles. The van der Waals surface area contributed by atoms with E-state index in [9.17, 15) is 9.59 Å². The van der Waals surface area contributed by atoms with E-state index in [2.05, 4.69) is 16.0 Å². The number of rotatable bonds is 3. The van der Waals surface area contributed by atoms with Crippen molar-refractivity contribution in [1.29, 1.82) is 0 Å². The van der Waals surface area contributed by atoms with Crippen LogP contribution in [0, 0.1) is 5.92 Å². The van der Waals surface area contributed by atoms with E-state index in [1.165, 1.54) is 5.56 Å². The number of hydrogen-bond acceptors (Lipinski definition) is 4. The zero-order valence-electron chi connectivity index (χ0n) is 16.3. The molecule has 0 bridgehead atoms. The summed E-state index contributed by atoms with van der Waals surface area (Å²) in [5, 5.41) is 0. The summed E-state index contributed by atoms with van der Waals surface area (Å²) >= 11 is 0. The molecule has 0 atom stereocenters. The number of benzene rings is 1. The van der Waals surface area contributed by atoms with Gasteiger partial charge in [-0.3, -0.25) is 14.0 Å². The lowest BCUT2D eigenvalue weighted by Crippen LogP contribution is -2.38. The molecule has 29 heavy (non-hydrogen) atoms. The van der Waals surface area contributed by atoms with Gasteiger partial charge in [0.05, 0.1) is 0 Å². The number of aromatic nitrogens is 2. The van der Waals surface area contributed by atoms with Crippen LogP contribution in [0.25, 0.3) is 5.65 Å². The van der Waals surface area contributed by atoms with Crippen molar-refractivity contribution in [3.8, 4) is 0 Å². The van der Waals surface area contributed by atoms with Crippen molar-refractivity contribution in [2.45, 2.75) is 25.7 Å². The third kappa shape index (κ3) is 3.39. The van der Waals surface area contributed by atoms with E-state index >= 15 is 0 Å². The average Bonchev–Trinajstić information content (AvgIpc) is 3.19. The molecule has 2 aliphatic rings. The van der Waals surface area contributed by atoms with Gasteiger partial charge in [0.15, 0.2) is 0 Å². The summed E-state index contributed by atoms with van der Waals surface area (Å²) in [6.45, 7) is 2.44. The number of pyridine rings is 1. The fraction of sp³-hybridized carbons (Fsp3) is 0.348. The first-order valence-corrected chi connectivity index (χ1v) is 10.3. The molecule has 1 amide bonds. The van der Waals surface area contributed by atoms with Gasteiger partial charge in [-0.1, -0.05) is 24.3 Å². The molecule has 0 aliphatic carbocycles. The third-order valence-corrected chi connectivity index (χ3v) is 6.15. The lowest BCUT2D eigenvalue weighted by atomic mass is 9.93. The van der Waals surface area contributed by atoms with Gasteiger partial charge >= 0.3 is 0 Å². The Kier molecular flexibility index (Phi) is 4.54. The Hall–Kier alpha value is -3.15. The minimum Gasteiger partial charge on any atom is -0.356 e. The number of amides is 1. The lowest BCUT2D eigenvalue weighted by molar-refractivity contribution is -0.119. The van der Waals surface area contributed by atoms with Gasteiger partial charge in [0, 0.05) is 44.0 Å². The minimum absolute atomic E-state index is 0.0596. The number of nitrogens with zero attached hydrogens (tertiary/aromatic N) is 4. The summed E-state index contributed by atoms with van der Waals surface area (Å²) in [4.78, 5) is 34.0. The van der Waals surface area contributed by atoms with Crippen LogP contribution in [0.1, 0.15) is 24.8 Å². The molecule has 0 spiro atoms. The summed E-state index contributed by atoms with van der Waals surface area (Å²) in [5.41, 5.74) is 2.95. The zero-order chi connectivity index (χ0) is 19.8. The highest BCUT2D eigenvalue weighted by Crippen LogP contribution is 2.30. The molecular weight excluding hydrogens is 364 g/mol. The van der Waals surface area contributed by atoms with E-state index in [0.29, 0.717) is 18.0 Å². The highest BCUT2D eigenvalue weighted by atomic mass is 16.2. The smallest absolute Gasteiger partial charge is 0.259 e. The fourth-order valence-electron chi connectivity index (χ4n) is 4.52. The van der Waals surface area contributed by atoms with Crippen LogP contribution in [0.3, 0.4) is 0 Å². The topological polar surface area (TPSA) is 57.9 Å². The molecular formula is C23H24N4O2. The molecule has 148 valence electrons. The van der Waals surface area contributed by atoms with E-state index < -0.39 is 0 Å². The van der Waals surface area contributed by atoms with Crippen LogP contribution in [-0.2, 0) is 11.2 Å². The van der Waals surface area contributed by atoms with Crippen molar-refractivity contribution in [2.24, 2.45) is 5.92 Å². The summed E-state index contributed by atoms with van der Waals surface area (Å²) in [6, 6.07) is 15.4. The van der Waals surface area contributed by atoms with Crippen LogP contribution >= 0.6 is 0 Å². The highest BCUT2D eigenvalue weighted by Gasteiger charge is 2.28. The summed E-state index contributed by atoms with van der Waals surface area (Å²) in [5.74, 6) is 1.35. The van der Waals surface area contributed by atoms with Gasteiger partial charge in [0.1, 0.15) is 11.5 Å². The number of hydrogen-bond donors (Lipinski definition) is 0. The van der Waals surface area contributed by atoms with Gasteiger partial charge in [-0.25, -0.2) is 4.98 Å².